The van der Waals surface area contributed by atoms with E-state index in [1.807, 2.05) is 66.2 Å². The quantitative estimate of drug-likeness (QED) is 0.402. The number of nitrogens with zero attached hydrogens (tertiary/aromatic N) is 3. The summed E-state index contributed by atoms with van der Waals surface area (Å²) in [5.74, 6) is 0.843. The van der Waals surface area contributed by atoms with Gasteiger partial charge in [0.1, 0.15) is 0 Å². The van der Waals surface area contributed by atoms with Gasteiger partial charge >= 0.3 is 6.03 Å². The highest BCUT2D eigenvalue weighted by Crippen LogP contribution is 2.33. The van der Waals surface area contributed by atoms with Crippen LogP contribution in [0.3, 0.4) is 0 Å². The third kappa shape index (κ3) is 4.31. The number of aromatic nitrogens is 4. The Bertz CT molecular complexity index is 1250. The van der Waals surface area contributed by atoms with Gasteiger partial charge in [0.15, 0.2) is 11.0 Å². The maximum Gasteiger partial charge on any atom is 0.321 e. The number of carbonyl (C=O) groups excluding carboxylic acids is 2. The van der Waals surface area contributed by atoms with Crippen LogP contribution >= 0.6 is 11.8 Å². The maximum atomic E-state index is 11.9. The number of hydrogen-bond acceptors (Lipinski definition) is 5. The number of para-hydroxylation sites is 2. The van der Waals surface area contributed by atoms with Crippen LogP contribution in [0.25, 0.3) is 28.0 Å². The molecule has 0 fully saturated rings. The first-order valence-corrected chi connectivity index (χ1v) is 10.8. The van der Waals surface area contributed by atoms with Gasteiger partial charge in [0.2, 0.25) is 5.91 Å². The Morgan fingerprint density at radius 3 is 2.68 bits per heavy atom. The molecule has 31 heavy (non-hydrogen) atoms. The molecule has 0 saturated heterocycles. The average molecular weight is 435 g/mol. The van der Waals surface area contributed by atoms with Crippen LogP contribution in [0.1, 0.15) is 12.0 Å². The number of thioether (sulfide) groups is 1. The molecule has 2 heterocycles. The van der Waals surface area contributed by atoms with Gasteiger partial charge in [-0.05, 0) is 24.6 Å². The third-order valence-corrected chi connectivity index (χ3v) is 5.79. The number of amides is 3. The minimum atomic E-state index is -0.514. The molecule has 4 rings (SSSR count). The highest BCUT2D eigenvalue weighted by Gasteiger charge is 2.20. The predicted molar refractivity (Wildman–Crippen MR) is 121 cm³/mol. The van der Waals surface area contributed by atoms with Crippen molar-refractivity contribution < 1.29 is 9.59 Å². The maximum absolute atomic E-state index is 11.9. The topological polar surface area (TPSA) is 105 Å². The van der Waals surface area contributed by atoms with E-state index in [1.54, 1.807) is 0 Å². The smallest absolute Gasteiger partial charge is 0.321 e. The zero-order valence-corrected chi connectivity index (χ0v) is 18.0. The van der Waals surface area contributed by atoms with Gasteiger partial charge in [-0.1, -0.05) is 48.2 Å². The van der Waals surface area contributed by atoms with Crippen molar-refractivity contribution in [3.8, 4) is 17.1 Å². The van der Waals surface area contributed by atoms with E-state index >= 15 is 0 Å². The fraction of sp³-hybridized carbons (Fsp3) is 0.182. The molecular weight excluding hydrogens is 412 g/mol. The monoisotopic (exact) mass is 434 g/mol. The molecule has 0 radical (unpaired) electrons. The molecule has 8 nitrogen and oxygen atoms in total. The van der Waals surface area contributed by atoms with Crippen LogP contribution in [0.15, 0.2) is 59.9 Å². The molecule has 3 amide bonds. The summed E-state index contributed by atoms with van der Waals surface area (Å²) < 4.78 is 2.02. The van der Waals surface area contributed by atoms with E-state index in [0.717, 1.165) is 33.5 Å². The lowest BCUT2D eigenvalue weighted by atomic mass is 10.1. The molecule has 0 aliphatic carbocycles. The number of hydrogen-bond donors (Lipinski definition) is 3. The van der Waals surface area contributed by atoms with E-state index < -0.39 is 6.03 Å². The SMILES string of the molecule is CNC(=O)NC(=O)CCSc1nnc(-c2c[nH]c3ccccc23)n1-c1ccccc1C. The van der Waals surface area contributed by atoms with Crippen LogP contribution in [-0.2, 0) is 4.79 Å². The summed E-state index contributed by atoms with van der Waals surface area (Å²) in [7, 11) is 1.47. The Labute approximate surface area is 183 Å². The zero-order valence-electron chi connectivity index (χ0n) is 17.2. The molecule has 0 saturated carbocycles. The normalized spacial score (nSPS) is 10.9. The van der Waals surface area contributed by atoms with E-state index in [9.17, 15) is 9.59 Å². The molecular formula is C22H22N6O2S. The third-order valence-electron chi connectivity index (χ3n) is 4.86. The van der Waals surface area contributed by atoms with Gasteiger partial charge in [-0.25, -0.2) is 4.79 Å². The molecule has 0 spiro atoms. The largest absolute Gasteiger partial charge is 0.360 e. The van der Waals surface area contributed by atoms with Gasteiger partial charge < -0.3 is 10.3 Å². The van der Waals surface area contributed by atoms with Gasteiger partial charge in [-0.2, -0.15) is 0 Å². The summed E-state index contributed by atoms with van der Waals surface area (Å²) in [5, 5.41) is 15.3. The Morgan fingerprint density at radius 1 is 1.10 bits per heavy atom. The fourth-order valence-corrected chi connectivity index (χ4v) is 4.20. The summed E-state index contributed by atoms with van der Waals surface area (Å²) in [5.41, 5.74) is 4.04. The van der Waals surface area contributed by atoms with Gasteiger partial charge in [0, 0.05) is 41.9 Å². The van der Waals surface area contributed by atoms with E-state index in [-0.39, 0.29) is 12.3 Å². The molecule has 4 aromatic rings. The molecule has 9 heteroatoms. The number of aromatic amines is 1. The summed E-state index contributed by atoms with van der Waals surface area (Å²) in [6.45, 7) is 2.04. The Hall–Kier alpha value is -3.59. The number of carbonyl (C=O) groups is 2. The van der Waals surface area contributed by atoms with Crippen molar-refractivity contribution in [2.24, 2.45) is 0 Å². The highest BCUT2D eigenvalue weighted by atomic mass is 32.2. The molecule has 0 aliphatic rings. The predicted octanol–water partition coefficient (Wildman–Crippen LogP) is 3.66. The van der Waals surface area contributed by atoms with Crippen molar-refractivity contribution in [3.63, 3.8) is 0 Å². The summed E-state index contributed by atoms with van der Waals surface area (Å²) in [6, 6.07) is 15.6. The van der Waals surface area contributed by atoms with Crippen LogP contribution in [-0.4, -0.2) is 44.5 Å². The lowest BCUT2D eigenvalue weighted by Crippen LogP contribution is -2.37. The second kappa shape index (κ2) is 9.05. The van der Waals surface area contributed by atoms with Gasteiger partial charge in [-0.15, -0.1) is 10.2 Å². The number of benzene rings is 2. The zero-order chi connectivity index (χ0) is 21.8. The van der Waals surface area contributed by atoms with Crippen molar-refractivity contribution in [3.05, 3.63) is 60.3 Å². The van der Waals surface area contributed by atoms with E-state index in [1.165, 1.54) is 18.8 Å². The number of H-pyrrole nitrogens is 1. The first kappa shape index (κ1) is 20.7. The minimum absolute atomic E-state index is 0.182. The molecule has 0 aliphatic heterocycles. The van der Waals surface area contributed by atoms with Gasteiger partial charge in [0.05, 0.1) is 5.69 Å². The number of aryl methyl sites for hydroxylation is 1. The van der Waals surface area contributed by atoms with Crippen LogP contribution in [0.4, 0.5) is 4.79 Å². The Kier molecular flexibility index (Phi) is 6.03. The number of fused-ring (bicyclic) bond motifs is 1. The highest BCUT2D eigenvalue weighted by molar-refractivity contribution is 7.99. The van der Waals surface area contributed by atoms with Crippen LogP contribution in [0.5, 0.6) is 0 Å². The second-order valence-electron chi connectivity index (χ2n) is 6.90. The summed E-state index contributed by atoms with van der Waals surface area (Å²) >= 11 is 1.42. The van der Waals surface area contributed by atoms with Gasteiger partial charge in [-0.3, -0.25) is 14.7 Å². The first-order chi connectivity index (χ1) is 15.1. The van der Waals surface area contributed by atoms with E-state index in [0.29, 0.717) is 10.9 Å². The van der Waals surface area contributed by atoms with Gasteiger partial charge in [0.25, 0.3) is 0 Å². The van der Waals surface area contributed by atoms with Crippen molar-refractivity contribution in [2.45, 2.75) is 18.5 Å². The Morgan fingerprint density at radius 2 is 1.87 bits per heavy atom. The summed E-state index contributed by atoms with van der Waals surface area (Å²) in [4.78, 5) is 26.5. The van der Waals surface area contributed by atoms with Crippen LogP contribution in [0, 0.1) is 6.92 Å². The second-order valence-corrected chi connectivity index (χ2v) is 7.96. The molecule has 0 atom stereocenters. The molecule has 2 aromatic heterocycles. The number of imide groups is 1. The molecule has 0 bridgehead atoms. The van der Waals surface area contributed by atoms with Crippen molar-refractivity contribution in [2.75, 3.05) is 12.8 Å². The number of nitrogens with one attached hydrogen (secondary N) is 3. The number of urea groups is 1. The number of rotatable bonds is 6. The average Bonchev–Trinajstić information content (AvgIpc) is 3.38. The lowest BCUT2D eigenvalue weighted by molar-refractivity contribution is -0.119. The standard InChI is InChI=1S/C22H22N6O2S/c1-14-7-3-6-10-18(14)28-20(16-13-24-17-9-5-4-8-15(16)17)26-27-22(28)31-12-11-19(29)25-21(30)23-2/h3-10,13,24H,11-12H2,1-2H3,(H2,23,25,29,30). The van der Waals surface area contributed by atoms with Crippen LogP contribution in [0.2, 0.25) is 0 Å². The molecule has 2 aromatic carbocycles. The lowest BCUT2D eigenvalue weighted by Gasteiger charge is -2.12. The first-order valence-electron chi connectivity index (χ1n) is 9.80. The molecule has 158 valence electrons. The Balaban J connectivity index is 1.68. The van der Waals surface area contributed by atoms with E-state index in [4.69, 9.17) is 0 Å². The van der Waals surface area contributed by atoms with Crippen molar-refractivity contribution >= 4 is 34.6 Å². The summed E-state index contributed by atoms with van der Waals surface area (Å²) in [6.07, 6.45) is 2.12. The fourth-order valence-electron chi connectivity index (χ4n) is 3.31. The van der Waals surface area contributed by atoms with E-state index in [2.05, 4.69) is 25.8 Å². The van der Waals surface area contributed by atoms with Crippen molar-refractivity contribution in [1.82, 2.24) is 30.4 Å². The van der Waals surface area contributed by atoms with Crippen LogP contribution < -0.4 is 10.6 Å². The molecule has 3 N–H and O–H groups in total. The van der Waals surface area contributed by atoms with Crippen molar-refractivity contribution in [1.29, 1.82) is 0 Å². The minimum Gasteiger partial charge on any atom is -0.360 e. The molecule has 0 unspecified atom stereocenters.